The molecule has 0 fully saturated rings. The van der Waals surface area contributed by atoms with Crippen LogP contribution < -0.4 is 34.7 Å². The fraction of sp³-hybridized carbons (Fsp3) is 0.176. The van der Waals surface area contributed by atoms with Crippen molar-refractivity contribution in [2.24, 2.45) is 0 Å². The summed E-state index contributed by atoms with van der Waals surface area (Å²) in [5.41, 5.74) is 0.532. The smallest absolute Gasteiger partial charge is 0.545 e. The molecule has 6 nitrogen and oxygen atoms in total. The zero-order valence-electron chi connectivity index (χ0n) is 13.6. The molecule has 0 aliphatic heterocycles. The van der Waals surface area contributed by atoms with Gasteiger partial charge in [-0.3, -0.25) is 0 Å². The molecule has 0 saturated heterocycles. The van der Waals surface area contributed by atoms with Gasteiger partial charge in [0.1, 0.15) is 11.5 Å². The van der Waals surface area contributed by atoms with Crippen molar-refractivity contribution in [3.8, 4) is 11.5 Å². The Hall–Kier alpha value is -2.02. The number of benzene rings is 2. The van der Waals surface area contributed by atoms with Crippen LogP contribution in [0.2, 0.25) is 0 Å². The Bertz CT molecular complexity index is 637. The summed E-state index contributed by atoms with van der Waals surface area (Å²) in [4.78, 5) is 21.3. The minimum Gasteiger partial charge on any atom is -0.545 e. The third-order valence-electron chi connectivity index (χ3n) is 2.64. The molecule has 2 N–H and O–H groups in total. The minimum absolute atomic E-state index is 0. The maximum absolute atomic E-state index is 11.2. The molecule has 0 spiro atoms. The second-order valence-corrected chi connectivity index (χ2v) is 4.52. The first-order valence-electron chi connectivity index (χ1n) is 6.90. The zero-order chi connectivity index (χ0) is 17.2. The number of ether oxygens (including phenoxy) is 1. The van der Waals surface area contributed by atoms with Crippen LogP contribution in [-0.4, -0.2) is 28.8 Å². The molecule has 24 heavy (non-hydrogen) atoms. The summed E-state index contributed by atoms with van der Waals surface area (Å²) in [6, 6.07) is 11.2. The minimum atomic E-state index is -1.24. The van der Waals surface area contributed by atoms with Crippen LogP contribution in [0.1, 0.15) is 34.1 Å². The quantitative estimate of drug-likeness (QED) is 0.530. The van der Waals surface area contributed by atoms with E-state index in [-0.39, 0.29) is 52.6 Å². The van der Waals surface area contributed by atoms with Gasteiger partial charge in [0.25, 0.3) is 0 Å². The molecule has 0 unspecified atom stereocenters. The molecule has 7 heteroatoms. The van der Waals surface area contributed by atoms with Crippen molar-refractivity contribution < 1.29 is 59.2 Å². The molecule has 0 aromatic heterocycles. The Morgan fingerprint density at radius 3 is 1.71 bits per heavy atom. The maximum Gasteiger partial charge on any atom is 1.00 e. The molecule has 0 aliphatic carbocycles. The predicted octanol–water partition coefficient (Wildman–Crippen LogP) is -1.28. The van der Waals surface area contributed by atoms with Crippen LogP contribution in [0.25, 0.3) is 0 Å². The first kappa shape index (κ1) is 22.0. The molecule has 0 radical (unpaired) electrons. The van der Waals surface area contributed by atoms with Gasteiger partial charge in [0.05, 0.1) is 18.1 Å². The van der Waals surface area contributed by atoms with Gasteiger partial charge < -0.3 is 24.9 Å². The van der Waals surface area contributed by atoms with Crippen LogP contribution in [0, 0.1) is 0 Å². The first-order chi connectivity index (χ1) is 10.9. The van der Waals surface area contributed by atoms with Gasteiger partial charge in [0.2, 0.25) is 0 Å². The van der Waals surface area contributed by atoms with E-state index in [0.29, 0.717) is 12.2 Å². The van der Waals surface area contributed by atoms with E-state index in [1.54, 1.807) is 0 Å². The summed E-state index contributed by atoms with van der Waals surface area (Å²) < 4.78 is 4.90. The largest absolute Gasteiger partial charge is 1.00 e. The molecule has 0 heterocycles. The van der Waals surface area contributed by atoms with Crippen molar-refractivity contribution in [3.63, 3.8) is 0 Å². The molecule has 0 aliphatic rings. The number of carbonyl (C=O) groups is 2. The van der Waals surface area contributed by atoms with Gasteiger partial charge in [-0.2, -0.15) is 0 Å². The normalized spacial score (nSPS) is 9.04. The fourth-order valence-corrected chi connectivity index (χ4v) is 1.47. The summed E-state index contributed by atoms with van der Waals surface area (Å²) in [5.74, 6) is -1.39. The third kappa shape index (κ3) is 8.01. The van der Waals surface area contributed by atoms with Crippen molar-refractivity contribution in [3.05, 3.63) is 59.7 Å². The second-order valence-electron chi connectivity index (χ2n) is 4.52. The maximum atomic E-state index is 11.2. The Morgan fingerprint density at radius 1 is 0.917 bits per heavy atom. The van der Waals surface area contributed by atoms with Crippen LogP contribution in [0.3, 0.4) is 0 Å². The van der Waals surface area contributed by atoms with Gasteiger partial charge >= 0.3 is 35.5 Å². The van der Waals surface area contributed by atoms with E-state index < -0.39 is 5.97 Å². The Labute approximate surface area is 162 Å². The molecule has 2 rings (SSSR count). The zero-order valence-corrected chi connectivity index (χ0v) is 15.6. The van der Waals surface area contributed by atoms with Crippen molar-refractivity contribution in [1.82, 2.24) is 0 Å². The van der Waals surface area contributed by atoms with Crippen LogP contribution in [0.5, 0.6) is 11.5 Å². The molecular weight excluding hydrogens is 323 g/mol. The number of aromatic carboxylic acids is 1. The number of hydrogen-bond donors (Lipinski definition) is 2. The average molecular weight is 340 g/mol. The Kier molecular flexibility index (Phi) is 10.5. The molecule has 0 saturated carbocycles. The number of carbonyl (C=O) groups excluding carboxylic acids is 2. The topological polar surface area (TPSA) is 107 Å². The predicted molar refractivity (Wildman–Crippen MR) is 81.1 cm³/mol. The van der Waals surface area contributed by atoms with Gasteiger partial charge in [0.15, 0.2) is 0 Å². The fourth-order valence-electron chi connectivity index (χ4n) is 1.47. The monoisotopic (exact) mass is 340 g/mol. The summed E-state index contributed by atoms with van der Waals surface area (Å²) in [5, 5.41) is 27.8. The van der Waals surface area contributed by atoms with Gasteiger partial charge in [-0.05, 0) is 60.5 Å². The standard InChI is InChI=1S/C10H12O3.C7H6O3.Na/c1-2-7-13-10(12)8-3-5-9(11)6-4-8;8-6-3-1-5(2-4-6)7(9)10;/h3-6,11H,2,7H2,1H3;1-4,8H,(H,9,10);/q;;+1/p-1. The number of hydrogen-bond acceptors (Lipinski definition) is 6. The van der Waals surface area contributed by atoms with E-state index >= 15 is 0 Å². The molecule has 0 bridgehead atoms. The molecular formula is C17H17NaO6. The van der Waals surface area contributed by atoms with Crippen LogP contribution in [0.4, 0.5) is 0 Å². The summed E-state index contributed by atoms with van der Waals surface area (Å²) in [6.07, 6.45) is 0.809. The summed E-state index contributed by atoms with van der Waals surface area (Å²) in [7, 11) is 0. The number of aromatic hydroxyl groups is 2. The number of rotatable bonds is 4. The Morgan fingerprint density at radius 2 is 1.33 bits per heavy atom. The van der Waals surface area contributed by atoms with Crippen molar-refractivity contribution in [1.29, 1.82) is 0 Å². The van der Waals surface area contributed by atoms with E-state index in [2.05, 4.69) is 0 Å². The van der Waals surface area contributed by atoms with Crippen molar-refractivity contribution in [2.45, 2.75) is 13.3 Å². The summed E-state index contributed by atoms with van der Waals surface area (Å²) in [6.45, 7) is 2.36. The van der Waals surface area contributed by atoms with Crippen LogP contribution >= 0.6 is 0 Å². The van der Waals surface area contributed by atoms with Gasteiger partial charge in [0, 0.05) is 0 Å². The van der Waals surface area contributed by atoms with E-state index in [1.165, 1.54) is 48.5 Å². The van der Waals surface area contributed by atoms with E-state index in [1.807, 2.05) is 6.92 Å². The SMILES string of the molecule is CCCOC(=O)c1ccc(O)cc1.O=C([O-])c1ccc(O)cc1.[Na+]. The number of phenolic OH excluding ortho intramolecular Hbond substituents is 2. The van der Waals surface area contributed by atoms with Crippen LogP contribution in [0.15, 0.2) is 48.5 Å². The van der Waals surface area contributed by atoms with E-state index in [4.69, 9.17) is 14.9 Å². The molecule has 2 aromatic carbocycles. The van der Waals surface area contributed by atoms with Gasteiger partial charge in [-0.25, -0.2) is 4.79 Å². The van der Waals surface area contributed by atoms with Gasteiger partial charge in [-0.1, -0.05) is 6.92 Å². The van der Waals surface area contributed by atoms with Gasteiger partial charge in [-0.15, -0.1) is 0 Å². The van der Waals surface area contributed by atoms with Crippen LogP contribution in [-0.2, 0) is 4.74 Å². The number of phenols is 2. The summed E-state index contributed by atoms with van der Waals surface area (Å²) >= 11 is 0. The van der Waals surface area contributed by atoms with Crippen molar-refractivity contribution in [2.75, 3.05) is 6.61 Å². The molecule has 122 valence electrons. The second kappa shape index (κ2) is 11.5. The molecule has 2 aromatic rings. The molecule has 0 atom stereocenters. The number of carboxylic acids is 1. The van der Waals surface area contributed by atoms with E-state index in [0.717, 1.165) is 6.42 Å². The third-order valence-corrected chi connectivity index (χ3v) is 2.64. The number of carboxylic acid groups (broad SMARTS) is 1. The van der Waals surface area contributed by atoms with Crippen molar-refractivity contribution >= 4 is 11.9 Å². The number of esters is 1. The van der Waals surface area contributed by atoms with E-state index in [9.17, 15) is 14.7 Å². The first-order valence-corrected chi connectivity index (χ1v) is 6.90. The average Bonchev–Trinajstić information content (AvgIpc) is 2.54. The Balaban J connectivity index is 0.000000436. The molecule has 0 amide bonds.